The molecule has 9 nitrogen and oxygen atoms in total. The van der Waals surface area contributed by atoms with Gasteiger partial charge in [0, 0.05) is 11.6 Å². The molecule has 1 fully saturated rings. The van der Waals surface area contributed by atoms with Crippen molar-refractivity contribution in [1.82, 2.24) is 15.0 Å². The minimum absolute atomic E-state index is 0.203. The van der Waals surface area contributed by atoms with Crippen molar-refractivity contribution in [2.45, 2.75) is 0 Å². The zero-order valence-corrected chi connectivity index (χ0v) is 21.9. The van der Waals surface area contributed by atoms with Crippen LogP contribution in [0.3, 0.4) is 0 Å². The maximum Gasteiger partial charge on any atom is 0.285 e. The van der Waals surface area contributed by atoms with Crippen LogP contribution in [0.1, 0.15) is 5.56 Å². The average Bonchev–Trinajstić information content (AvgIpc) is 3.59. The van der Waals surface area contributed by atoms with Crippen LogP contribution in [-0.4, -0.2) is 44.8 Å². The fourth-order valence-electron chi connectivity index (χ4n) is 3.21. The molecule has 3 heterocycles. The van der Waals surface area contributed by atoms with E-state index in [1.165, 1.54) is 46.6 Å². The van der Waals surface area contributed by atoms with Crippen LogP contribution in [-0.2, 0) is 9.59 Å². The molecule has 0 bridgehead atoms. The first-order valence-corrected chi connectivity index (χ1v) is 13.3. The van der Waals surface area contributed by atoms with Crippen molar-refractivity contribution >= 4 is 89.3 Å². The molecule has 2 aromatic carbocycles. The van der Waals surface area contributed by atoms with E-state index in [0.29, 0.717) is 36.6 Å². The van der Waals surface area contributed by atoms with E-state index in [-0.39, 0.29) is 18.4 Å². The highest BCUT2D eigenvalue weighted by Gasteiger charge is 2.33. The van der Waals surface area contributed by atoms with E-state index in [2.05, 4.69) is 20.7 Å². The number of hydrazine groups is 1. The number of carbonyl (C=O) groups excluding carboxylic acids is 2. The lowest BCUT2D eigenvalue weighted by atomic mass is 10.2. The van der Waals surface area contributed by atoms with Gasteiger partial charge in [-0.25, -0.2) is 9.97 Å². The predicted molar refractivity (Wildman–Crippen MR) is 147 cm³/mol. The smallest absolute Gasteiger partial charge is 0.285 e. The number of nitrogens with one attached hydrogen (secondary N) is 2. The fourth-order valence-corrected chi connectivity index (χ4v) is 5.79. The number of fused-ring (bicyclic) bond motifs is 1. The molecule has 0 radical (unpaired) electrons. The number of hydrogen-bond acceptors (Lipinski definition) is 11. The van der Waals surface area contributed by atoms with Crippen LogP contribution in [0.15, 0.2) is 58.9 Å². The molecule has 1 aliphatic heterocycles. The molecule has 182 valence electrons. The van der Waals surface area contributed by atoms with Crippen LogP contribution in [0.5, 0.6) is 11.5 Å². The summed E-state index contributed by atoms with van der Waals surface area (Å²) in [7, 11) is 1.50. The standard InChI is InChI=1S/C23H17N5O4S4/c1-31-16-10-13(6-7-15(16)32-12-19(29)26-21-24-8-9-34-21)11-18-20(30)28(23(33)36-18)27-22-25-14-4-2-3-5-17(14)35-22/h2-11H,12H2,1H3,(H,25,27)(H,24,26,29). The van der Waals surface area contributed by atoms with Gasteiger partial charge in [0.1, 0.15) is 0 Å². The van der Waals surface area contributed by atoms with Crippen LogP contribution in [0, 0.1) is 0 Å². The van der Waals surface area contributed by atoms with Crippen molar-refractivity contribution in [2.75, 3.05) is 24.5 Å². The number of amides is 2. The molecule has 0 unspecified atom stereocenters. The van der Waals surface area contributed by atoms with Crippen molar-refractivity contribution in [3.63, 3.8) is 0 Å². The van der Waals surface area contributed by atoms with Gasteiger partial charge in [0.05, 0.1) is 22.2 Å². The molecule has 5 rings (SSSR count). The Bertz CT molecular complexity index is 1450. The number of aromatic nitrogens is 2. The Morgan fingerprint density at radius 2 is 2.06 bits per heavy atom. The number of methoxy groups -OCH3 is 1. The van der Waals surface area contributed by atoms with E-state index in [4.69, 9.17) is 21.7 Å². The van der Waals surface area contributed by atoms with Crippen molar-refractivity contribution in [3.05, 3.63) is 64.5 Å². The van der Waals surface area contributed by atoms with Crippen LogP contribution >= 0.6 is 46.7 Å². The molecule has 13 heteroatoms. The number of para-hydroxylation sites is 1. The third kappa shape index (κ3) is 5.33. The number of thiazole rings is 2. The molecular formula is C23H17N5O4S4. The number of thioether (sulfide) groups is 1. The molecule has 0 atom stereocenters. The lowest BCUT2D eigenvalue weighted by Crippen LogP contribution is -2.33. The minimum Gasteiger partial charge on any atom is -0.493 e. The molecule has 4 aromatic rings. The Morgan fingerprint density at radius 3 is 2.83 bits per heavy atom. The van der Waals surface area contributed by atoms with Crippen LogP contribution in [0.25, 0.3) is 16.3 Å². The highest BCUT2D eigenvalue weighted by molar-refractivity contribution is 8.26. The molecule has 0 saturated carbocycles. The Balaban J connectivity index is 1.26. The zero-order chi connectivity index (χ0) is 25.1. The third-order valence-corrected chi connectivity index (χ3v) is 7.75. The topological polar surface area (TPSA) is 106 Å². The number of ether oxygens (including phenoxy) is 2. The summed E-state index contributed by atoms with van der Waals surface area (Å²) in [6.07, 6.45) is 3.33. The first-order chi connectivity index (χ1) is 17.5. The van der Waals surface area contributed by atoms with Gasteiger partial charge in [0.25, 0.3) is 11.8 Å². The highest BCUT2D eigenvalue weighted by atomic mass is 32.2. The molecule has 2 amide bonds. The monoisotopic (exact) mass is 555 g/mol. The summed E-state index contributed by atoms with van der Waals surface area (Å²) in [4.78, 5) is 34.1. The molecule has 2 N–H and O–H groups in total. The van der Waals surface area contributed by atoms with Gasteiger partial charge in [-0.3, -0.25) is 20.3 Å². The number of benzene rings is 2. The predicted octanol–water partition coefficient (Wildman–Crippen LogP) is 5.01. The molecule has 0 spiro atoms. The van der Waals surface area contributed by atoms with Gasteiger partial charge >= 0.3 is 0 Å². The second-order valence-electron chi connectivity index (χ2n) is 7.20. The SMILES string of the molecule is COc1cc(C=C2SC(=S)N(Nc3nc4ccccc4s3)C2=O)ccc1OCC(=O)Nc1nccs1. The second-order valence-corrected chi connectivity index (χ2v) is 10.8. The number of anilines is 2. The summed E-state index contributed by atoms with van der Waals surface area (Å²) in [5.74, 6) is 0.214. The van der Waals surface area contributed by atoms with Crippen molar-refractivity contribution in [1.29, 1.82) is 0 Å². The molecule has 1 aliphatic rings. The maximum atomic E-state index is 13.0. The van der Waals surface area contributed by atoms with Crippen LogP contribution in [0.4, 0.5) is 10.3 Å². The summed E-state index contributed by atoms with van der Waals surface area (Å²) in [5.41, 5.74) is 4.59. The van der Waals surface area contributed by atoms with Crippen molar-refractivity contribution in [2.24, 2.45) is 0 Å². The van der Waals surface area contributed by atoms with Gasteiger partial charge in [-0.2, -0.15) is 5.01 Å². The summed E-state index contributed by atoms with van der Waals surface area (Å²) >= 11 is 9.37. The van der Waals surface area contributed by atoms with Gasteiger partial charge in [0.15, 0.2) is 27.6 Å². The van der Waals surface area contributed by atoms with Crippen molar-refractivity contribution in [3.8, 4) is 11.5 Å². The highest BCUT2D eigenvalue weighted by Crippen LogP contribution is 2.36. The largest absolute Gasteiger partial charge is 0.493 e. The number of nitrogens with zero attached hydrogens (tertiary/aromatic N) is 3. The van der Waals surface area contributed by atoms with Crippen molar-refractivity contribution < 1.29 is 19.1 Å². The molecule has 0 aliphatic carbocycles. The molecule has 2 aromatic heterocycles. The van der Waals surface area contributed by atoms with Gasteiger partial charge in [-0.1, -0.05) is 41.3 Å². The van der Waals surface area contributed by atoms with E-state index in [1.54, 1.807) is 35.9 Å². The lowest BCUT2D eigenvalue weighted by Gasteiger charge is -2.14. The van der Waals surface area contributed by atoms with Gasteiger partial charge < -0.3 is 9.47 Å². The maximum absolute atomic E-state index is 13.0. The molecular weight excluding hydrogens is 539 g/mol. The Morgan fingerprint density at radius 1 is 1.19 bits per heavy atom. The van der Waals surface area contributed by atoms with Gasteiger partial charge in [0.2, 0.25) is 5.13 Å². The summed E-state index contributed by atoms with van der Waals surface area (Å²) in [6, 6.07) is 12.9. The molecule has 36 heavy (non-hydrogen) atoms. The summed E-state index contributed by atoms with van der Waals surface area (Å²) < 4.78 is 12.4. The number of thiocarbonyl (C=S) groups is 1. The number of rotatable bonds is 8. The normalized spacial score (nSPS) is 14.5. The summed E-state index contributed by atoms with van der Waals surface area (Å²) in [5, 5.41) is 6.82. The first kappa shape index (κ1) is 24.2. The van der Waals surface area contributed by atoms with E-state index < -0.39 is 0 Å². The van der Waals surface area contributed by atoms with Crippen LogP contribution < -0.4 is 20.2 Å². The zero-order valence-electron chi connectivity index (χ0n) is 18.6. The van der Waals surface area contributed by atoms with Gasteiger partial charge in [-0.05, 0) is 48.1 Å². The number of hydrogen-bond donors (Lipinski definition) is 2. The minimum atomic E-state index is -0.333. The Labute approximate surface area is 223 Å². The lowest BCUT2D eigenvalue weighted by molar-refractivity contribution is -0.121. The number of carbonyl (C=O) groups is 2. The summed E-state index contributed by atoms with van der Waals surface area (Å²) in [6.45, 7) is -0.203. The average molecular weight is 556 g/mol. The Hall–Kier alpha value is -3.52. The third-order valence-electron chi connectivity index (χ3n) is 4.82. The van der Waals surface area contributed by atoms with E-state index in [1.807, 2.05) is 24.3 Å². The van der Waals surface area contributed by atoms with E-state index in [9.17, 15) is 9.59 Å². The molecule has 1 saturated heterocycles. The second kappa shape index (κ2) is 10.6. The Kier molecular flexibility index (Phi) is 7.13. The first-order valence-electron chi connectivity index (χ1n) is 10.4. The van der Waals surface area contributed by atoms with Crippen LogP contribution in [0.2, 0.25) is 0 Å². The van der Waals surface area contributed by atoms with E-state index in [0.717, 1.165) is 10.2 Å². The fraction of sp³-hybridized carbons (Fsp3) is 0.0870. The van der Waals surface area contributed by atoms with E-state index >= 15 is 0 Å². The quantitative estimate of drug-likeness (QED) is 0.229. The van der Waals surface area contributed by atoms with Gasteiger partial charge in [-0.15, -0.1) is 11.3 Å².